The molecule has 3 atom stereocenters. The number of carbonyl (C=O) groups is 1. The number of thioether (sulfide) groups is 1. The fraction of sp³-hybridized carbons (Fsp3) is 0.300. The molecule has 1 aliphatic carbocycles. The maximum atomic E-state index is 14.7. The number of anilines is 1. The fourth-order valence-electron chi connectivity index (χ4n) is 3.77. The SMILES string of the molecule is Cc1cc(C#N)cnc1C(=O)Nc1cc(F)c(F)c([C@@]2(CF)N=C(N)SC3C[C@@H]32)c1. The summed E-state index contributed by atoms with van der Waals surface area (Å²) in [6.45, 7) is 0.557. The standard InChI is InChI=1S/C20H16F3N5OS/c1-9-2-10(6-24)7-26-17(9)18(29)27-11-3-13(16(23)14(22)4-11)20(8-21)12-5-15(12)30-19(25)28-20/h2-4,7,12,15H,5,8H2,1H3,(H2,25,28)(H,27,29)/t12-,15?,20-/m0/s1. The molecule has 2 aromatic rings. The molecule has 4 rings (SSSR count). The van der Waals surface area contributed by atoms with Crippen LogP contribution in [0.2, 0.25) is 0 Å². The van der Waals surface area contributed by atoms with Crippen molar-refractivity contribution in [3.8, 4) is 6.07 Å². The molecule has 3 N–H and O–H groups in total. The zero-order valence-electron chi connectivity index (χ0n) is 15.7. The van der Waals surface area contributed by atoms with Crippen LogP contribution in [-0.2, 0) is 5.54 Å². The van der Waals surface area contributed by atoms with Crippen LogP contribution >= 0.6 is 11.8 Å². The Labute approximate surface area is 174 Å². The molecule has 2 heterocycles. The number of pyridine rings is 1. The molecule has 2 aliphatic rings. The Kier molecular flexibility index (Phi) is 4.94. The van der Waals surface area contributed by atoms with E-state index in [1.165, 1.54) is 30.1 Å². The van der Waals surface area contributed by atoms with Crippen molar-refractivity contribution in [2.75, 3.05) is 12.0 Å². The van der Waals surface area contributed by atoms with E-state index in [9.17, 15) is 18.0 Å². The maximum absolute atomic E-state index is 14.7. The van der Waals surface area contributed by atoms with E-state index in [-0.39, 0.29) is 38.8 Å². The summed E-state index contributed by atoms with van der Waals surface area (Å²) in [6, 6.07) is 5.41. The molecule has 30 heavy (non-hydrogen) atoms. The van der Waals surface area contributed by atoms with Gasteiger partial charge in [-0.25, -0.2) is 23.1 Å². The molecular formula is C20H16F3N5OS. The van der Waals surface area contributed by atoms with E-state index in [2.05, 4.69) is 15.3 Å². The molecule has 1 aromatic heterocycles. The molecule has 1 unspecified atom stereocenters. The topological polar surface area (TPSA) is 104 Å². The summed E-state index contributed by atoms with van der Waals surface area (Å²) >= 11 is 1.30. The third-order valence-corrected chi connectivity index (χ3v) is 6.46. The van der Waals surface area contributed by atoms with Gasteiger partial charge >= 0.3 is 0 Å². The minimum Gasteiger partial charge on any atom is -0.379 e. The van der Waals surface area contributed by atoms with E-state index in [4.69, 9.17) is 11.0 Å². The first kappa shape index (κ1) is 20.2. The van der Waals surface area contributed by atoms with Gasteiger partial charge in [0.1, 0.15) is 24.0 Å². The summed E-state index contributed by atoms with van der Waals surface area (Å²) in [5.41, 5.74) is 4.59. The number of benzene rings is 1. The molecule has 0 saturated heterocycles. The van der Waals surface area contributed by atoms with E-state index in [0.717, 1.165) is 6.07 Å². The highest BCUT2D eigenvalue weighted by Crippen LogP contribution is 2.58. The van der Waals surface area contributed by atoms with Crippen molar-refractivity contribution in [1.29, 1.82) is 5.26 Å². The molecule has 154 valence electrons. The van der Waals surface area contributed by atoms with Crippen LogP contribution in [0.1, 0.15) is 33.6 Å². The summed E-state index contributed by atoms with van der Waals surface area (Å²) in [4.78, 5) is 20.7. The molecular weight excluding hydrogens is 415 g/mol. The number of halogens is 3. The van der Waals surface area contributed by atoms with Crippen LogP contribution in [-0.4, -0.2) is 28.0 Å². The van der Waals surface area contributed by atoms with Crippen molar-refractivity contribution in [2.24, 2.45) is 16.6 Å². The third kappa shape index (κ3) is 3.29. The second kappa shape index (κ2) is 7.32. The zero-order valence-corrected chi connectivity index (χ0v) is 16.6. The number of hydrogen-bond donors (Lipinski definition) is 2. The van der Waals surface area contributed by atoms with Crippen LogP contribution in [0.15, 0.2) is 29.4 Å². The molecule has 1 saturated carbocycles. The van der Waals surface area contributed by atoms with Gasteiger partial charge in [0.05, 0.1) is 5.56 Å². The number of nitrogens with zero attached hydrogens (tertiary/aromatic N) is 3. The maximum Gasteiger partial charge on any atom is 0.274 e. The van der Waals surface area contributed by atoms with Crippen molar-refractivity contribution in [1.82, 2.24) is 4.98 Å². The molecule has 0 radical (unpaired) electrons. The fourth-order valence-corrected chi connectivity index (χ4v) is 4.99. The number of carbonyl (C=O) groups excluding carboxylic acids is 1. The first-order valence-corrected chi connectivity index (χ1v) is 9.92. The Morgan fingerprint density at radius 2 is 2.20 bits per heavy atom. The highest BCUT2D eigenvalue weighted by molar-refractivity contribution is 8.14. The Hall–Kier alpha value is -3.06. The Balaban J connectivity index is 1.72. The van der Waals surface area contributed by atoms with Gasteiger partial charge in [-0.05, 0) is 31.0 Å². The first-order chi connectivity index (χ1) is 14.3. The Morgan fingerprint density at radius 3 is 2.87 bits per heavy atom. The lowest BCUT2D eigenvalue weighted by atomic mass is 9.85. The largest absolute Gasteiger partial charge is 0.379 e. The van der Waals surface area contributed by atoms with Crippen LogP contribution in [0.25, 0.3) is 0 Å². The first-order valence-electron chi connectivity index (χ1n) is 9.04. The molecule has 6 nitrogen and oxygen atoms in total. The number of nitrogens with two attached hydrogens (primary N) is 1. The highest BCUT2D eigenvalue weighted by Gasteiger charge is 2.58. The van der Waals surface area contributed by atoms with Gasteiger partial charge in [-0.3, -0.25) is 4.79 Å². The molecule has 0 spiro atoms. The molecule has 0 bridgehead atoms. The summed E-state index contributed by atoms with van der Waals surface area (Å²) in [6.07, 6.45) is 1.83. The summed E-state index contributed by atoms with van der Waals surface area (Å²) in [5, 5.41) is 11.5. The van der Waals surface area contributed by atoms with Crippen molar-refractivity contribution >= 4 is 28.5 Å². The second-order valence-electron chi connectivity index (χ2n) is 7.28. The highest BCUT2D eigenvalue weighted by atomic mass is 32.2. The average Bonchev–Trinajstić information content (AvgIpc) is 3.49. The lowest BCUT2D eigenvalue weighted by Crippen LogP contribution is -2.37. The minimum atomic E-state index is -1.62. The number of alkyl halides is 1. The van der Waals surface area contributed by atoms with Crippen molar-refractivity contribution < 1.29 is 18.0 Å². The monoisotopic (exact) mass is 431 g/mol. The number of rotatable bonds is 4. The number of amidine groups is 1. The van der Waals surface area contributed by atoms with Gasteiger partial charge in [-0.1, -0.05) is 11.8 Å². The molecule has 1 aromatic carbocycles. The van der Waals surface area contributed by atoms with Gasteiger partial charge in [0.2, 0.25) is 0 Å². The van der Waals surface area contributed by atoms with E-state index in [1.54, 1.807) is 6.92 Å². The van der Waals surface area contributed by atoms with Crippen LogP contribution in [0.4, 0.5) is 18.9 Å². The zero-order chi connectivity index (χ0) is 21.6. The quantitative estimate of drug-likeness (QED) is 0.772. The van der Waals surface area contributed by atoms with E-state index in [1.807, 2.05) is 6.07 Å². The number of aryl methyl sites for hydroxylation is 1. The number of aromatic nitrogens is 1. The van der Waals surface area contributed by atoms with Gasteiger partial charge < -0.3 is 11.1 Å². The van der Waals surface area contributed by atoms with Crippen LogP contribution in [0, 0.1) is 35.8 Å². The van der Waals surface area contributed by atoms with Crippen molar-refractivity contribution in [3.63, 3.8) is 0 Å². The van der Waals surface area contributed by atoms with Gasteiger partial charge in [-0.15, -0.1) is 0 Å². The normalized spacial score (nSPS) is 24.4. The second-order valence-corrected chi connectivity index (χ2v) is 8.54. The lowest BCUT2D eigenvalue weighted by Gasteiger charge is -2.31. The molecule has 1 fully saturated rings. The van der Waals surface area contributed by atoms with Crippen LogP contribution in [0.3, 0.4) is 0 Å². The molecule has 1 amide bonds. The van der Waals surface area contributed by atoms with Crippen LogP contribution in [0.5, 0.6) is 0 Å². The Bertz CT molecular complexity index is 1130. The minimum absolute atomic E-state index is 0.00413. The summed E-state index contributed by atoms with van der Waals surface area (Å²) in [5.74, 6) is -3.42. The number of aliphatic imine (C=N–C) groups is 1. The number of amides is 1. The summed E-state index contributed by atoms with van der Waals surface area (Å²) < 4.78 is 43.3. The third-order valence-electron chi connectivity index (χ3n) is 5.31. The van der Waals surface area contributed by atoms with E-state index in [0.29, 0.717) is 12.0 Å². The van der Waals surface area contributed by atoms with Gasteiger partial charge in [0.25, 0.3) is 5.91 Å². The van der Waals surface area contributed by atoms with E-state index >= 15 is 0 Å². The average molecular weight is 431 g/mol. The molecule has 1 aliphatic heterocycles. The van der Waals surface area contributed by atoms with Crippen molar-refractivity contribution in [2.45, 2.75) is 24.1 Å². The van der Waals surface area contributed by atoms with Crippen molar-refractivity contribution in [3.05, 3.63) is 58.4 Å². The number of fused-ring (bicyclic) bond motifs is 1. The lowest BCUT2D eigenvalue weighted by molar-refractivity contribution is 0.102. The summed E-state index contributed by atoms with van der Waals surface area (Å²) in [7, 11) is 0. The number of nitriles is 1. The van der Waals surface area contributed by atoms with Gasteiger partial charge in [0, 0.05) is 34.7 Å². The Morgan fingerprint density at radius 1 is 1.43 bits per heavy atom. The smallest absolute Gasteiger partial charge is 0.274 e. The van der Waals surface area contributed by atoms with E-state index < -0.39 is 29.8 Å². The molecule has 10 heteroatoms. The predicted molar refractivity (Wildman–Crippen MR) is 107 cm³/mol. The van der Waals surface area contributed by atoms with Gasteiger partial charge in [0.15, 0.2) is 16.8 Å². The predicted octanol–water partition coefficient (Wildman–Crippen LogP) is 3.41. The number of nitrogens with one attached hydrogen (secondary N) is 1. The van der Waals surface area contributed by atoms with Gasteiger partial charge in [-0.2, -0.15) is 5.26 Å². The van der Waals surface area contributed by atoms with Crippen LogP contribution < -0.4 is 11.1 Å². The number of hydrogen-bond acceptors (Lipinski definition) is 6.